The first-order valence-electron chi connectivity index (χ1n) is 5.72. The molecule has 0 aliphatic heterocycles. The van der Waals surface area contributed by atoms with Crippen molar-refractivity contribution in [3.05, 3.63) is 69.8 Å². The summed E-state index contributed by atoms with van der Waals surface area (Å²) in [7, 11) is 0. The van der Waals surface area contributed by atoms with Gasteiger partial charge in [-0.1, -0.05) is 11.6 Å². The second-order valence-electron chi connectivity index (χ2n) is 4.33. The second-order valence-corrected chi connectivity index (χ2v) is 4.77. The molecule has 0 aliphatic rings. The van der Waals surface area contributed by atoms with Gasteiger partial charge in [0.1, 0.15) is 23.3 Å². The molecule has 6 heteroatoms. The van der Waals surface area contributed by atoms with Gasteiger partial charge in [0.05, 0.1) is 0 Å². The van der Waals surface area contributed by atoms with E-state index in [9.17, 15) is 17.6 Å². The quantitative estimate of drug-likeness (QED) is 0.847. The minimum Gasteiger partial charge on any atom is -0.323 e. The molecule has 0 heterocycles. The Morgan fingerprint density at radius 1 is 0.950 bits per heavy atom. The van der Waals surface area contributed by atoms with Gasteiger partial charge in [-0.05, 0) is 30.2 Å². The van der Waals surface area contributed by atoms with Crippen molar-refractivity contribution < 1.29 is 17.6 Å². The summed E-state index contributed by atoms with van der Waals surface area (Å²) < 4.78 is 53.5. The van der Waals surface area contributed by atoms with Crippen LogP contribution >= 0.6 is 11.6 Å². The van der Waals surface area contributed by atoms with E-state index in [0.29, 0.717) is 12.1 Å². The van der Waals surface area contributed by atoms with Crippen molar-refractivity contribution in [3.8, 4) is 0 Å². The summed E-state index contributed by atoms with van der Waals surface area (Å²) in [6.07, 6.45) is -0.161. The zero-order valence-electron chi connectivity index (χ0n) is 10.1. The van der Waals surface area contributed by atoms with Crippen LogP contribution in [-0.4, -0.2) is 0 Å². The van der Waals surface area contributed by atoms with Crippen LogP contribution in [0.3, 0.4) is 0 Å². The molecular weight excluding hydrogens is 294 g/mol. The molecule has 1 unspecified atom stereocenters. The van der Waals surface area contributed by atoms with Crippen LogP contribution in [0.1, 0.15) is 17.2 Å². The summed E-state index contributed by atoms with van der Waals surface area (Å²) >= 11 is 5.72. The van der Waals surface area contributed by atoms with Gasteiger partial charge in [0.25, 0.3) is 0 Å². The summed E-state index contributed by atoms with van der Waals surface area (Å²) in [4.78, 5) is 0. The van der Waals surface area contributed by atoms with Crippen LogP contribution in [-0.2, 0) is 6.42 Å². The van der Waals surface area contributed by atoms with Gasteiger partial charge >= 0.3 is 0 Å². The normalized spacial score (nSPS) is 12.5. The Balaban J connectivity index is 2.33. The summed E-state index contributed by atoms with van der Waals surface area (Å²) in [6.45, 7) is 0. The maximum atomic E-state index is 13.6. The average molecular weight is 304 g/mol. The smallest absolute Gasteiger partial charge is 0.133 e. The highest BCUT2D eigenvalue weighted by Crippen LogP contribution is 2.25. The molecule has 0 aromatic heterocycles. The zero-order valence-corrected chi connectivity index (χ0v) is 10.9. The van der Waals surface area contributed by atoms with Crippen LogP contribution in [0.2, 0.25) is 5.02 Å². The maximum Gasteiger partial charge on any atom is 0.133 e. The maximum absolute atomic E-state index is 13.6. The fraction of sp³-hybridized carbons (Fsp3) is 0.143. The van der Waals surface area contributed by atoms with Crippen molar-refractivity contribution in [3.63, 3.8) is 0 Å². The topological polar surface area (TPSA) is 26.0 Å². The Morgan fingerprint density at radius 3 is 2.15 bits per heavy atom. The fourth-order valence-electron chi connectivity index (χ4n) is 1.95. The number of nitrogens with two attached hydrogens (primary N) is 1. The summed E-state index contributed by atoms with van der Waals surface area (Å²) in [6, 6.07) is 3.74. The van der Waals surface area contributed by atoms with Gasteiger partial charge in [-0.2, -0.15) is 0 Å². The highest BCUT2D eigenvalue weighted by molar-refractivity contribution is 6.30. The Kier molecular flexibility index (Phi) is 4.30. The van der Waals surface area contributed by atoms with Crippen LogP contribution in [0.15, 0.2) is 30.3 Å². The lowest BCUT2D eigenvalue weighted by Crippen LogP contribution is -2.18. The summed E-state index contributed by atoms with van der Waals surface area (Å²) in [5.74, 6) is -3.81. The van der Waals surface area contributed by atoms with E-state index in [0.717, 1.165) is 6.07 Å². The first kappa shape index (κ1) is 14.8. The lowest BCUT2D eigenvalue weighted by molar-refractivity contribution is 0.497. The summed E-state index contributed by atoms with van der Waals surface area (Å²) in [5, 5.41) is 0.286. The van der Waals surface area contributed by atoms with E-state index >= 15 is 0 Å². The Bertz CT molecular complexity index is 622. The van der Waals surface area contributed by atoms with Crippen molar-refractivity contribution >= 4 is 11.6 Å². The van der Waals surface area contributed by atoms with E-state index in [2.05, 4.69) is 0 Å². The molecule has 106 valence electrons. The molecule has 0 radical (unpaired) electrons. The third-order valence-corrected chi connectivity index (χ3v) is 3.10. The van der Waals surface area contributed by atoms with Crippen LogP contribution in [0, 0.1) is 23.3 Å². The largest absolute Gasteiger partial charge is 0.323 e. The number of benzene rings is 2. The van der Waals surface area contributed by atoms with Crippen molar-refractivity contribution in [1.29, 1.82) is 0 Å². The van der Waals surface area contributed by atoms with Crippen molar-refractivity contribution in [2.45, 2.75) is 12.5 Å². The minimum absolute atomic E-state index is 0.133. The van der Waals surface area contributed by atoms with Crippen molar-refractivity contribution in [1.82, 2.24) is 0 Å². The Hall–Kier alpha value is -1.59. The van der Waals surface area contributed by atoms with Gasteiger partial charge in [0, 0.05) is 28.8 Å². The number of hydrogen-bond acceptors (Lipinski definition) is 1. The highest BCUT2D eigenvalue weighted by atomic mass is 35.5. The van der Waals surface area contributed by atoms with Gasteiger partial charge in [-0.25, -0.2) is 17.6 Å². The molecule has 2 aromatic rings. The SMILES string of the molecule is NC(Cc1cc(Cl)ccc1F)c1c(F)cc(F)cc1F. The molecule has 0 aliphatic carbocycles. The molecular formula is C14H10ClF4N. The number of halogens is 5. The Morgan fingerprint density at radius 2 is 1.55 bits per heavy atom. The zero-order chi connectivity index (χ0) is 14.9. The van der Waals surface area contributed by atoms with Gasteiger partial charge < -0.3 is 5.73 Å². The molecule has 0 bridgehead atoms. The molecule has 0 fully saturated rings. The van der Waals surface area contributed by atoms with Crippen molar-refractivity contribution in [2.75, 3.05) is 0 Å². The van der Waals surface area contributed by atoms with Gasteiger partial charge in [-0.15, -0.1) is 0 Å². The van der Waals surface area contributed by atoms with Crippen molar-refractivity contribution in [2.24, 2.45) is 5.73 Å². The number of rotatable bonds is 3. The van der Waals surface area contributed by atoms with E-state index in [1.807, 2.05) is 0 Å². The molecule has 1 atom stereocenters. The van der Waals surface area contributed by atoms with Gasteiger partial charge in [0.2, 0.25) is 0 Å². The van der Waals surface area contributed by atoms with E-state index < -0.39 is 34.9 Å². The van der Waals surface area contributed by atoms with E-state index in [1.165, 1.54) is 12.1 Å². The van der Waals surface area contributed by atoms with Gasteiger partial charge in [-0.3, -0.25) is 0 Å². The molecule has 20 heavy (non-hydrogen) atoms. The van der Waals surface area contributed by atoms with E-state index in [-0.39, 0.29) is 17.0 Å². The Labute approximate surface area is 118 Å². The monoisotopic (exact) mass is 303 g/mol. The second kappa shape index (κ2) is 5.81. The number of hydrogen-bond donors (Lipinski definition) is 1. The molecule has 2 N–H and O–H groups in total. The van der Waals surface area contributed by atoms with E-state index in [1.54, 1.807) is 0 Å². The first-order valence-corrected chi connectivity index (χ1v) is 6.10. The standard InChI is InChI=1S/C14H10ClF4N/c15-8-1-2-10(17)7(3-8)4-13(20)14-11(18)5-9(16)6-12(14)19/h1-3,5-6,13H,4,20H2. The molecule has 0 spiro atoms. The molecule has 1 nitrogen and oxygen atoms in total. The van der Waals surface area contributed by atoms with Crippen LogP contribution in [0.5, 0.6) is 0 Å². The highest BCUT2D eigenvalue weighted by Gasteiger charge is 2.20. The third kappa shape index (κ3) is 3.11. The molecule has 0 saturated heterocycles. The van der Waals surface area contributed by atoms with Crippen LogP contribution in [0.4, 0.5) is 17.6 Å². The van der Waals surface area contributed by atoms with Crippen LogP contribution < -0.4 is 5.73 Å². The fourth-order valence-corrected chi connectivity index (χ4v) is 2.14. The molecule has 2 rings (SSSR count). The lowest BCUT2D eigenvalue weighted by Gasteiger charge is -2.15. The predicted octanol–water partition coefficient (Wildman–Crippen LogP) is 4.14. The van der Waals surface area contributed by atoms with E-state index in [4.69, 9.17) is 17.3 Å². The van der Waals surface area contributed by atoms with Gasteiger partial charge in [0.15, 0.2) is 0 Å². The minimum atomic E-state index is -1.15. The van der Waals surface area contributed by atoms with Crippen LogP contribution in [0.25, 0.3) is 0 Å². The predicted molar refractivity (Wildman–Crippen MR) is 68.4 cm³/mol. The average Bonchev–Trinajstić information content (AvgIpc) is 2.32. The molecule has 2 aromatic carbocycles. The lowest BCUT2D eigenvalue weighted by atomic mass is 9.98. The first-order chi connectivity index (χ1) is 9.38. The molecule has 0 amide bonds. The summed E-state index contributed by atoms with van der Waals surface area (Å²) in [5.41, 5.74) is 5.34. The molecule has 0 saturated carbocycles. The third-order valence-electron chi connectivity index (χ3n) is 2.86.